The second-order valence-electron chi connectivity index (χ2n) is 3.87. The first kappa shape index (κ1) is 12.7. The third-order valence-electron chi connectivity index (χ3n) is 2.45. The summed E-state index contributed by atoms with van der Waals surface area (Å²) in [5.74, 6) is 0. The van der Waals surface area contributed by atoms with Crippen LogP contribution >= 0.6 is 0 Å². The molecule has 0 bridgehead atoms. The topological polar surface area (TPSA) is 101 Å². The van der Waals surface area contributed by atoms with Crippen LogP contribution in [0.25, 0.3) is 0 Å². The zero-order valence-electron chi connectivity index (χ0n) is 9.63. The average Bonchev–Trinajstić information content (AvgIpc) is 2.82. The molecule has 0 amide bonds. The molecular weight excluding hydrogens is 252 g/mol. The van der Waals surface area contributed by atoms with Gasteiger partial charge in [0.2, 0.25) is 10.0 Å². The first-order valence-electron chi connectivity index (χ1n) is 5.36. The molecule has 18 heavy (non-hydrogen) atoms. The van der Waals surface area contributed by atoms with Crippen molar-refractivity contribution in [3.63, 3.8) is 0 Å². The Bertz CT molecular complexity index is 590. The number of rotatable bonds is 5. The molecule has 0 saturated carbocycles. The minimum Gasteiger partial charge on any atom is -0.307 e. The lowest BCUT2D eigenvalue weighted by Gasteiger charge is -2.04. The van der Waals surface area contributed by atoms with E-state index in [4.69, 9.17) is 5.14 Å². The second-order valence-corrected chi connectivity index (χ2v) is 5.44. The van der Waals surface area contributed by atoms with Crippen LogP contribution < -0.4 is 10.5 Å². The molecule has 96 valence electrons. The predicted octanol–water partition coefficient (Wildman–Crippen LogP) is 0.347. The Labute approximate surface area is 105 Å². The summed E-state index contributed by atoms with van der Waals surface area (Å²) in [7, 11) is -3.61. The maximum Gasteiger partial charge on any atom is 0.238 e. The molecule has 0 aliphatic rings. The van der Waals surface area contributed by atoms with Gasteiger partial charge in [0, 0.05) is 25.0 Å². The number of H-pyrrole nitrogens is 1. The van der Waals surface area contributed by atoms with Gasteiger partial charge in [0.15, 0.2) is 0 Å². The fourth-order valence-corrected chi connectivity index (χ4v) is 2.04. The van der Waals surface area contributed by atoms with Crippen molar-refractivity contribution in [1.29, 1.82) is 0 Å². The van der Waals surface area contributed by atoms with E-state index in [-0.39, 0.29) is 4.90 Å². The van der Waals surface area contributed by atoms with Gasteiger partial charge in [-0.15, -0.1) is 0 Å². The van der Waals surface area contributed by atoms with Crippen molar-refractivity contribution in [2.45, 2.75) is 18.0 Å². The van der Waals surface area contributed by atoms with Gasteiger partial charge in [0.05, 0.1) is 4.90 Å². The lowest BCUT2D eigenvalue weighted by Crippen LogP contribution is -2.14. The van der Waals surface area contributed by atoms with Crippen molar-refractivity contribution in [3.8, 4) is 0 Å². The molecule has 0 unspecified atom stereocenters. The largest absolute Gasteiger partial charge is 0.307 e. The van der Waals surface area contributed by atoms with Gasteiger partial charge in [-0.25, -0.2) is 13.6 Å². The summed E-state index contributed by atoms with van der Waals surface area (Å²) in [6, 6.07) is 8.36. The predicted molar refractivity (Wildman–Crippen MR) is 66.9 cm³/mol. The minimum absolute atomic E-state index is 0.125. The van der Waals surface area contributed by atoms with Crippen molar-refractivity contribution in [3.05, 3.63) is 47.8 Å². The molecule has 4 N–H and O–H groups in total. The molecule has 0 aliphatic carbocycles. The first-order valence-corrected chi connectivity index (χ1v) is 6.91. The number of nitrogens with two attached hydrogens (primary N) is 1. The molecule has 0 atom stereocenters. The van der Waals surface area contributed by atoms with Crippen molar-refractivity contribution in [2.24, 2.45) is 5.14 Å². The third-order valence-corrected chi connectivity index (χ3v) is 3.38. The highest BCUT2D eigenvalue weighted by molar-refractivity contribution is 7.89. The number of aromatic nitrogens is 2. The highest BCUT2D eigenvalue weighted by Crippen LogP contribution is 2.08. The summed E-state index contributed by atoms with van der Waals surface area (Å²) >= 11 is 0. The molecule has 0 spiro atoms. The Balaban J connectivity index is 1.91. The highest BCUT2D eigenvalue weighted by Gasteiger charge is 2.06. The Morgan fingerprint density at radius 3 is 2.44 bits per heavy atom. The normalized spacial score (nSPS) is 11.6. The number of nitrogens with zero attached hydrogens (tertiary/aromatic N) is 1. The van der Waals surface area contributed by atoms with Gasteiger partial charge >= 0.3 is 0 Å². The second kappa shape index (κ2) is 5.30. The molecule has 6 nitrogen and oxygen atoms in total. The van der Waals surface area contributed by atoms with E-state index in [2.05, 4.69) is 15.5 Å². The summed E-state index contributed by atoms with van der Waals surface area (Å²) in [5.41, 5.74) is 1.98. The van der Waals surface area contributed by atoms with Crippen molar-refractivity contribution in [2.75, 3.05) is 0 Å². The van der Waals surface area contributed by atoms with Crippen LogP contribution in [0.2, 0.25) is 0 Å². The average molecular weight is 266 g/mol. The molecule has 1 aromatic heterocycles. The number of nitrogens with one attached hydrogen (secondary N) is 2. The van der Waals surface area contributed by atoms with E-state index in [0.29, 0.717) is 13.1 Å². The molecule has 0 fully saturated rings. The van der Waals surface area contributed by atoms with Crippen molar-refractivity contribution < 1.29 is 8.42 Å². The standard InChI is InChI=1S/C11H14N4O2S/c12-18(16,17)11-3-1-9(2-4-11)7-13-8-10-5-6-14-15-10/h1-6,13H,7-8H2,(H,14,15)(H2,12,16,17). The summed E-state index contributed by atoms with van der Waals surface area (Å²) in [6.45, 7) is 1.32. The monoisotopic (exact) mass is 266 g/mol. The summed E-state index contributed by atoms with van der Waals surface area (Å²) in [6.07, 6.45) is 1.69. The fraction of sp³-hybridized carbons (Fsp3) is 0.182. The molecule has 0 radical (unpaired) electrons. The maximum atomic E-state index is 11.1. The summed E-state index contributed by atoms with van der Waals surface area (Å²) in [5, 5.41) is 14.9. The smallest absolute Gasteiger partial charge is 0.238 e. The van der Waals surface area contributed by atoms with E-state index in [1.807, 2.05) is 6.07 Å². The number of sulfonamides is 1. The molecule has 2 rings (SSSR count). The van der Waals surface area contributed by atoms with Gasteiger partial charge in [0.25, 0.3) is 0 Å². The molecule has 0 saturated heterocycles. The molecule has 0 aliphatic heterocycles. The first-order chi connectivity index (χ1) is 8.55. The number of hydrogen-bond acceptors (Lipinski definition) is 4. The molecule has 2 aromatic rings. The lowest BCUT2D eigenvalue weighted by atomic mass is 10.2. The molecule has 1 heterocycles. The van der Waals surface area contributed by atoms with Crippen LogP contribution in [0.15, 0.2) is 41.4 Å². The number of primary sulfonamides is 1. The van der Waals surface area contributed by atoms with Crippen LogP contribution in [-0.4, -0.2) is 18.6 Å². The van der Waals surface area contributed by atoms with E-state index in [0.717, 1.165) is 11.3 Å². The highest BCUT2D eigenvalue weighted by atomic mass is 32.2. The van der Waals surface area contributed by atoms with Gasteiger partial charge in [-0.2, -0.15) is 5.10 Å². The van der Waals surface area contributed by atoms with Crippen molar-refractivity contribution in [1.82, 2.24) is 15.5 Å². The Morgan fingerprint density at radius 2 is 1.89 bits per heavy atom. The van der Waals surface area contributed by atoms with Gasteiger partial charge in [-0.05, 0) is 23.8 Å². The zero-order chi connectivity index (χ0) is 13.0. The Kier molecular flexibility index (Phi) is 3.75. The number of aromatic amines is 1. The molecular formula is C11H14N4O2S. The van der Waals surface area contributed by atoms with Crippen LogP contribution in [0.4, 0.5) is 0 Å². The van der Waals surface area contributed by atoms with Gasteiger partial charge < -0.3 is 5.32 Å². The van der Waals surface area contributed by atoms with Gasteiger partial charge in [-0.3, -0.25) is 5.10 Å². The Morgan fingerprint density at radius 1 is 1.17 bits per heavy atom. The summed E-state index contributed by atoms with van der Waals surface area (Å²) in [4.78, 5) is 0.125. The van der Waals surface area contributed by atoms with E-state index >= 15 is 0 Å². The van der Waals surface area contributed by atoms with E-state index in [1.165, 1.54) is 12.1 Å². The van der Waals surface area contributed by atoms with E-state index in [1.54, 1.807) is 18.3 Å². The number of benzene rings is 1. The maximum absolute atomic E-state index is 11.1. The third kappa shape index (κ3) is 3.39. The SMILES string of the molecule is NS(=O)(=O)c1ccc(CNCc2ccn[nH]2)cc1. The molecule has 7 heteroatoms. The van der Waals surface area contributed by atoms with Crippen molar-refractivity contribution >= 4 is 10.0 Å². The molecule has 1 aromatic carbocycles. The van der Waals surface area contributed by atoms with Crippen LogP contribution in [0, 0.1) is 0 Å². The number of hydrogen-bond donors (Lipinski definition) is 3. The van der Waals surface area contributed by atoms with Crippen LogP contribution in [0.5, 0.6) is 0 Å². The van der Waals surface area contributed by atoms with Gasteiger partial charge in [-0.1, -0.05) is 12.1 Å². The van der Waals surface area contributed by atoms with Crippen LogP contribution in [-0.2, 0) is 23.1 Å². The van der Waals surface area contributed by atoms with Crippen LogP contribution in [0.3, 0.4) is 0 Å². The van der Waals surface area contributed by atoms with E-state index < -0.39 is 10.0 Å². The quantitative estimate of drug-likeness (QED) is 0.726. The fourth-order valence-electron chi connectivity index (χ4n) is 1.52. The lowest BCUT2D eigenvalue weighted by molar-refractivity contribution is 0.597. The zero-order valence-corrected chi connectivity index (χ0v) is 10.4. The van der Waals surface area contributed by atoms with Crippen LogP contribution in [0.1, 0.15) is 11.3 Å². The summed E-state index contributed by atoms with van der Waals surface area (Å²) < 4.78 is 22.1. The Hall–Kier alpha value is -1.70. The van der Waals surface area contributed by atoms with E-state index in [9.17, 15) is 8.42 Å². The van der Waals surface area contributed by atoms with Gasteiger partial charge in [0.1, 0.15) is 0 Å². The minimum atomic E-state index is -3.61.